The third-order valence-electron chi connectivity index (χ3n) is 1.84. The van der Waals surface area contributed by atoms with Crippen LogP contribution in [0.4, 0.5) is 5.69 Å². The van der Waals surface area contributed by atoms with Crippen molar-refractivity contribution in [3.63, 3.8) is 0 Å². The fourth-order valence-corrected chi connectivity index (χ4v) is 1.09. The fraction of sp³-hybridized carbons (Fsp3) is 0.556. The Bertz CT molecular complexity index is 320. The van der Waals surface area contributed by atoms with Crippen LogP contribution in [0.2, 0.25) is 0 Å². The molecule has 1 heterocycles. The van der Waals surface area contributed by atoms with E-state index in [1.807, 2.05) is 19.0 Å². The van der Waals surface area contributed by atoms with E-state index in [9.17, 15) is 4.79 Å². The van der Waals surface area contributed by atoms with Gasteiger partial charge in [0.25, 0.3) is 0 Å². The van der Waals surface area contributed by atoms with Crippen LogP contribution >= 0.6 is 0 Å². The van der Waals surface area contributed by atoms with Crippen molar-refractivity contribution in [1.82, 2.24) is 20.0 Å². The quantitative estimate of drug-likeness (QED) is 0.664. The lowest BCUT2D eigenvalue weighted by molar-refractivity contribution is -0.121. The van der Waals surface area contributed by atoms with Gasteiger partial charge >= 0.3 is 0 Å². The zero-order valence-corrected chi connectivity index (χ0v) is 9.10. The smallest absolute Gasteiger partial charge is 0.241 e. The Kier molecular flexibility index (Phi) is 4.11. The van der Waals surface area contributed by atoms with Crippen molar-refractivity contribution >= 4 is 11.6 Å². The number of amides is 1. The molecule has 1 rings (SSSR count). The fourth-order valence-electron chi connectivity index (χ4n) is 1.09. The van der Waals surface area contributed by atoms with Crippen LogP contribution in [0, 0.1) is 0 Å². The molecule has 0 saturated carbocycles. The lowest BCUT2D eigenvalue weighted by Gasteiger charge is -2.10. The molecule has 0 spiro atoms. The maximum Gasteiger partial charge on any atom is 0.241 e. The topological polar surface area (TPSA) is 76.2 Å². The number of hydrogen-bond donors (Lipinski definition) is 2. The van der Waals surface area contributed by atoms with E-state index in [2.05, 4.69) is 10.4 Å². The van der Waals surface area contributed by atoms with Crippen molar-refractivity contribution in [3.8, 4) is 0 Å². The molecule has 15 heavy (non-hydrogen) atoms. The van der Waals surface area contributed by atoms with E-state index in [1.54, 1.807) is 6.20 Å². The first-order valence-corrected chi connectivity index (χ1v) is 4.77. The molecule has 0 bridgehead atoms. The summed E-state index contributed by atoms with van der Waals surface area (Å²) in [5.41, 5.74) is 6.04. The molecule has 0 radical (unpaired) electrons. The van der Waals surface area contributed by atoms with Crippen LogP contribution < -0.4 is 11.1 Å². The predicted octanol–water partition coefficient (Wildman–Crippen LogP) is -0.857. The third kappa shape index (κ3) is 4.46. The van der Waals surface area contributed by atoms with E-state index in [0.29, 0.717) is 12.2 Å². The minimum Gasteiger partial charge on any atom is -0.396 e. The van der Waals surface area contributed by atoms with Crippen LogP contribution in [0.3, 0.4) is 0 Å². The first kappa shape index (κ1) is 11.5. The van der Waals surface area contributed by atoms with Gasteiger partial charge in [-0.05, 0) is 14.1 Å². The summed E-state index contributed by atoms with van der Waals surface area (Å²) in [7, 11) is 3.92. The Morgan fingerprint density at radius 3 is 2.93 bits per heavy atom. The van der Waals surface area contributed by atoms with Gasteiger partial charge in [0.05, 0.1) is 11.9 Å². The van der Waals surface area contributed by atoms with Crippen LogP contribution in [-0.2, 0) is 11.3 Å². The highest BCUT2D eigenvalue weighted by atomic mass is 16.2. The molecule has 0 aliphatic carbocycles. The van der Waals surface area contributed by atoms with E-state index in [-0.39, 0.29) is 12.5 Å². The lowest BCUT2D eigenvalue weighted by atomic mass is 10.5. The second-order valence-electron chi connectivity index (χ2n) is 3.62. The van der Waals surface area contributed by atoms with Crippen molar-refractivity contribution in [2.75, 3.05) is 32.9 Å². The predicted molar refractivity (Wildman–Crippen MR) is 58.2 cm³/mol. The highest BCUT2D eigenvalue weighted by Gasteiger charge is 2.02. The van der Waals surface area contributed by atoms with Gasteiger partial charge in [-0.15, -0.1) is 0 Å². The average Bonchev–Trinajstić information content (AvgIpc) is 2.50. The summed E-state index contributed by atoms with van der Waals surface area (Å²) in [6.45, 7) is 1.68. The summed E-state index contributed by atoms with van der Waals surface area (Å²) >= 11 is 0. The van der Waals surface area contributed by atoms with E-state index >= 15 is 0 Å². The van der Waals surface area contributed by atoms with Crippen molar-refractivity contribution < 1.29 is 4.79 Å². The maximum absolute atomic E-state index is 11.4. The number of nitrogen functional groups attached to an aromatic ring is 1. The standard InChI is InChI=1S/C9H17N5O/c1-13(2)4-3-11-9(15)7-14-6-8(10)5-12-14/h5-6H,3-4,7,10H2,1-2H3,(H,11,15). The number of carbonyl (C=O) groups is 1. The number of likely N-dealkylation sites (N-methyl/N-ethyl adjacent to an activating group) is 1. The van der Waals surface area contributed by atoms with Gasteiger partial charge in [0.2, 0.25) is 5.91 Å². The van der Waals surface area contributed by atoms with E-state index < -0.39 is 0 Å². The number of rotatable bonds is 5. The molecule has 6 heteroatoms. The number of nitrogens with zero attached hydrogens (tertiary/aromatic N) is 3. The zero-order valence-electron chi connectivity index (χ0n) is 9.10. The minimum absolute atomic E-state index is 0.0556. The molecule has 1 amide bonds. The second-order valence-corrected chi connectivity index (χ2v) is 3.62. The van der Waals surface area contributed by atoms with Crippen LogP contribution in [0.1, 0.15) is 0 Å². The zero-order chi connectivity index (χ0) is 11.3. The molecule has 84 valence electrons. The van der Waals surface area contributed by atoms with Gasteiger partial charge in [-0.1, -0.05) is 0 Å². The number of anilines is 1. The van der Waals surface area contributed by atoms with Gasteiger partial charge in [-0.2, -0.15) is 5.10 Å². The Hall–Kier alpha value is -1.56. The Balaban J connectivity index is 2.24. The van der Waals surface area contributed by atoms with Crippen LogP contribution in [0.25, 0.3) is 0 Å². The maximum atomic E-state index is 11.4. The Morgan fingerprint density at radius 2 is 2.40 bits per heavy atom. The molecule has 0 aliphatic rings. The van der Waals surface area contributed by atoms with Gasteiger partial charge in [0, 0.05) is 19.3 Å². The number of hydrogen-bond acceptors (Lipinski definition) is 4. The molecule has 0 unspecified atom stereocenters. The molecule has 0 aromatic carbocycles. The molecule has 0 atom stereocenters. The molecular weight excluding hydrogens is 194 g/mol. The minimum atomic E-state index is -0.0556. The molecule has 6 nitrogen and oxygen atoms in total. The monoisotopic (exact) mass is 211 g/mol. The molecule has 0 aliphatic heterocycles. The SMILES string of the molecule is CN(C)CCNC(=O)Cn1cc(N)cn1. The number of nitrogens with two attached hydrogens (primary N) is 1. The number of nitrogens with one attached hydrogen (secondary N) is 1. The first-order valence-electron chi connectivity index (χ1n) is 4.77. The average molecular weight is 211 g/mol. The Morgan fingerprint density at radius 1 is 1.67 bits per heavy atom. The summed E-state index contributed by atoms with van der Waals surface area (Å²) in [6, 6.07) is 0. The lowest BCUT2D eigenvalue weighted by Crippen LogP contribution is -2.33. The molecule has 0 saturated heterocycles. The van der Waals surface area contributed by atoms with Gasteiger partial charge in [0.1, 0.15) is 6.54 Å². The van der Waals surface area contributed by atoms with Crippen LogP contribution in [0.15, 0.2) is 12.4 Å². The van der Waals surface area contributed by atoms with Gasteiger partial charge < -0.3 is 16.0 Å². The molecule has 0 fully saturated rings. The van der Waals surface area contributed by atoms with E-state index in [4.69, 9.17) is 5.73 Å². The molecule has 1 aromatic heterocycles. The van der Waals surface area contributed by atoms with Crippen molar-refractivity contribution in [2.45, 2.75) is 6.54 Å². The number of carbonyl (C=O) groups excluding carboxylic acids is 1. The van der Waals surface area contributed by atoms with E-state index in [1.165, 1.54) is 10.9 Å². The van der Waals surface area contributed by atoms with Crippen LogP contribution in [0.5, 0.6) is 0 Å². The van der Waals surface area contributed by atoms with E-state index in [0.717, 1.165) is 6.54 Å². The van der Waals surface area contributed by atoms with Crippen molar-refractivity contribution in [2.24, 2.45) is 0 Å². The Labute approximate surface area is 89.0 Å². The largest absolute Gasteiger partial charge is 0.396 e. The highest BCUT2D eigenvalue weighted by molar-refractivity contribution is 5.75. The second kappa shape index (κ2) is 5.35. The highest BCUT2D eigenvalue weighted by Crippen LogP contribution is 1.96. The summed E-state index contributed by atoms with van der Waals surface area (Å²) < 4.78 is 1.51. The molecule has 3 N–H and O–H groups in total. The molecular formula is C9H17N5O. The summed E-state index contributed by atoms with van der Waals surface area (Å²) in [5.74, 6) is -0.0556. The molecule has 1 aromatic rings. The normalized spacial score (nSPS) is 10.6. The van der Waals surface area contributed by atoms with Gasteiger partial charge in [-0.3, -0.25) is 9.48 Å². The van der Waals surface area contributed by atoms with Crippen molar-refractivity contribution in [3.05, 3.63) is 12.4 Å². The summed E-state index contributed by atoms with van der Waals surface area (Å²) in [4.78, 5) is 13.4. The third-order valence-corrected chi connectivity index (χ3v) is 1.84. The van der Waals surface area contributed by atoms with Gasteiger partial charge in [-0.25, -0.2) is 0 Å². The van der Waals surface area contributed by atoms with Gasteiger partial charge in [0.15, 0.2) is 0 Å². The summed E-state index contributed by atoms with van der Waals surface area (Å²) in [6.07, 6.45) is 3.15. The van der Waals surface area contributed by atoms with Crippen molar-refractivity contribution in [1.29, 1.82) is 0 Å². The number of aromatic nitrogens is 2. The summed E-state index contributed by atoms with van der Waals surface area (Å²) in [5, 5.41) is 6.71. The van der Waals surface area contributed by atoms with Crippen LogP contribution in [-0.4, -0.2) is 47.8 Å². The first-order chi connectivity index (χ1) is 7.08.